The van der Waals surface area contributed by atoms with E-state index in [0.717, 1.165) is 23.1 Å². The number of piperazine rings is 1. The molecule has 0 saturated carbocycles. The normalized spacial score (nSPS) is 14.0. The maximum Gasteiger partial charge on any atom is 0.264 e. The number of halogens is 2. The van der Waals surface area contributed by atoms with E-state index in [1.807, 2.05) is 25.1 Å². The Kier molecular flexibility index (Phi) is 8.44. The second kappa shape index (κ2) is 12.2. The quantitative estimate of drug-likeness (QED) is 0.297. The maximum atomic E-state index is 14.3. The first kappa shape index (κ1) is 29.7. The summed E-state index contributed by atoms with van der Waals surface area (Å²) >= 11 is 0. The molecule has 0 unspecified atom stereocenters. The van der Waals surface area contributed by atoms with Crippen LogP contribution in [0.1, 0.15) is 19.5 Å². The van der Waals surface area contributed by atoms with Gasteiger partial charge in [0.1, 0.15) is 28.7 Å². The summed E-state index contributed by atoms with van der Waals surface area (Å²) in [6.45, 7) is 5.15. The van der Waals surface area contributed by atoms with Crippen LogP contribution in [-0.2, 0) is 26.0 Å². The van der Waals surface area contributed by atoms with Crippen molar-refractivity contribution in [2.45, 2.75) is 25.2 Å². The van der Waals surface area contributed by atoms with Gasteiger partial charge in [-0.25, -0.2) is 27.2 Å². The van der Waals surface area contributed by atoms with E-state index in [9.17, 15) is 26.8 Å². The van der Waals surface area contributed by atoms with Crippen LogP contribution < -0.4 is 9.62 Å². The predicted molar refractivity (Wildman–Crippen MR) is 158 cm³/mol. The summed E-state index contributed by atoms with van der Waals surface area (Å²) in [5.41, 5.74) is 2.63. The van der Waals surface area contributed by atoms with Crippen molar-refractivity contribution in [1.29, 1.82) is 0 Å². The Morgan fingerprint density at radius 3 is 2.42 bits per heavy atom. The van der Waals surface area contributed by atoms with Gasteiger partial charge in [0.05, 0.1) is 16.9 Å². The molecule has 43 heavy (non-hydrogen) atoms. The van der Waals surface area contributed by atoms with E-state index in [0.29, 0.717) is 61.3 Å². The Labute approximate surface area is 247 Å². The van der Waals surface area contributed by atoms with E-state index >= 15 is 0 Å². The third-order valence-corrected chi connectivity index (χ3v) is 8.43. The number of aryl methyl sites for hydroxylation is 1. The molecule has 0 aliphatic carbocycles. The number of sulfonamides is 1. The molecule has 4 aromatic rings. The van der Waals surface area contributed by atoms with Crippen molar-refractivity contribution in [3.63, 3.8) is 0 Å². The number of amides is 1. The molecule has 3 heterocycles. The maximum absolute atomic E-state index is 14.3. The standard InChI is InChI=1S/C30H28F2N6O4S/c1-3-25-27(36-43(41,42)28-8-6-22(31)16-24(28)32)15-21(17-33-25)20-5-7-26-23(14-20)30(35-18-34-26)38-12-10-37(11-13-38)29(40)9-4-19(2)39/h4-9,14-18,36H,3,10-13H2,1-2H3/b9-4+. The van der Waals surface area contributed by atoms with Gasteiger partial charge in [0.15, 0.2) is 5.78 Å². The molecule has 13 heteroatoms. The van der Waals surface area contributed by atoms with Crippen molar-refractivity contribution >= 4 is 44.1 Å². The first-order valence-electron chi connectivity index (χ1n) is 13.5. The number of ketones is 1. The number of hydrogen-bond acceptors (Lipinski definition) is 8. The molecule has 1 N–H and O–H groups in total. The number of carbonyl (C=O) groups excluding carboxylic acids is 2. The van der Waals surface area contributed by atoms with E-state index in [1.165, 1.54) is 25.4 Å². The van der Waals surface area contributed by atoms with Crippen LogP contribution in [0.3, 0.4) is 0 Å². The fraction of sp³-hybridized carbons (Fsp3) is 0.233. The highest BCUT2D eigenvalue weighted by Crippen LogP contribution is 2.32. The Bertz CT molecular complexity index is 1860. The zero-order valence-electron chi connectivity index (χ0n) is 23.4. The molecule has 2 aromatic heterocycles. The highest BCUT2D eigenvalue weighted by Gasteiger charge is 2.24. The molecule has 0 bridgehead atoms. The van der Waals surface area contributed by atoms with Gasteiger partial charge in [0.2, 0.25) is 5.91 Å². The SMILES string of the molecule is CCc1ncc(-c2ccc3ncnc(N4CCN(C(=O)/C=C/C(C)=O)CC4)c3c2)cc1NS(=O)(=O)c1ccc(F)cc1F. The fourth-order valence-corrected chi connectivity index (χ4v) is 5.96. The molecule has 1 saturated heterocycles. The van der Waals surface area contributed by atoms with Gasteiger partial charge in [-0.3, -0.25) is 19.3 Å². The molecule has 222 valence electrons. The lowest BCUT2D eigenvalue weighted by Gasteiger charge is -2.35. The third kappa shape index (κ3) is 6.51. The van der Waals surface area contributed by atoms with Crippen LogP contribution in [0.15, 0.2) is 72.0 Å². The van der Waals surface area contributed by atoms with Gasteiger partial charge in [-0.05, 0) is 55.3 Å². The van der Waals surface area contributed by atoms with Crippen LogP contribution in [0.25, 0.3) is 22.0 Å². The number of nitrogens with zero attached hydrogens (tertiary/aromatic N) is 5. The lowest BCUT2D eigenvalue weighted by molar-refractivity contribution is -0.126. The van der Waals surface area contributed by atoms with Crippen molar-refractivity contribution in [3.05, 3.63) is 84.5 Å². The van der Waals surface area contributed by atoms with Gasteiger partial charge >= 0.3 is 0 Å². The molecule has 2 aromatic carbocycles. The number of anilines is 2. The van der Waals surface area contributed by atoms with Gasteiger partial charge in [-0.15, -0.1) is 0 Å². The minimum Gasteiger partial charge on any atom is -0.352 e. The third-order valence-electron chi connectivity index (χ3n) is 7.03. The number of fused-ring (bicyclic) bond motifs is 1. The minimum atomic E-state index is -4.37. The molecule has 0 radical (unpaired) electrons. The fourth-order valence-electron chi connectivity index (χ4n) is 4.82. The summed E-state index contributed by atoms with van der Waals surface area (Å²) in [6.07, 6.45) is 6.04. The number of pyridine rings is 1. The average molecular weight is 607 g/mol. The Hall–Kier alpha value is -4.78. The second-order valence-electron chi connectivity index (χ2n) is 9.94. The number of hydrogen-bond donors (Lipinski definition) is 1. The van der Waals surface area contributed by atoms with Crippen LogP contribution in [0.4, 0.5) is 20.3 Å². The lowest BCUT2D eigenvalue weighted by Crippen LogP contribution is -2.48. The summed E-state index contributed by atoms with van der Waals surface area (Å²) < 4.78 is 56.1. The molecule has 5 rings (SSSR count). The van der Waals surface area contributed by atoms with Crippen LogP contribution in [0.5, 0.6) is 0 Å². The Morgan fingerprint density at radius 2 is 1.72 bits per heavy atom. The van der Waals surface area contributed by atoms with Gasteiger partial charge < -0.3 is 9.80 Å². The number of carbonyl (C=O) groups is 2. The summed E-state index contributed by atoms with van der Waals surface area (Å²) in [4.78, 5) is 40.0. The predicted octanol–water partition coefficient (Wildman–Crippen LogP) is 4.13. The second-order valence-corrected chi connectivity index (χ2v) is 11.6. The number of aromatic nitrogens is 3. The highest BCUT2D eigenvalue weighted by atomic mass is 32.2. The zero-order chi connectivity index (χ0) is 30.7. The van der Waals surface area contributed by atoms with Crippen molar-refractivity contribution in [1.82, 2.24) is 19.9 Å². The molecule has 1 aliphatic rings. The lowest BCUT2D eigenvalue weighted by atomic mass is 10.0. The molecular weight excluding hydrogens is 578 g/mol. The van der Waals surface area contributed by atoms with Gasteiger partial charge in [0.25, 0.3) is 10.0 Å². The van der Waals surface area contributed by atoms with Gasteiger partial charge in [-0.1, -0.05) is 13.0 Å². The molecule has 0 atom stereocenters. The van der Waals surface area contributed by atoms with Gasteiger partial charge in [-0.2, -0.15) is 0 Å². The van der Waals surface area contributed by atoms with E-state index in [1.54, 1.807) is 17.2 Å². The van der Waals surface area contributed by atoms with Crippen molar-refractivity contribution in [2.24, 2.45) is 0 Å². The molecule has 10 nitrogen and oxygen atoms in total. The van der Waals surface area contributed by atoms with Crippen molar-refractivity contribution in [3.8, 4) is 11.1 Å². The largest absolute Gasteiger partial charge is 0.352 e. The smallest absolute Gasteiger partial charge is 0.264 e. The van der Waals surface area contributed by atoms with Crippen LogP contribution in [0, 0.1) is 11.6 Å². The number of nitrogens with one attached hydrogen (secondary N) is 1. The van der Waals surface area contributed by atoms with Crippen LogP contribution in [0.2, 0.25) is 0 Å². The van der Waals surface area contributed by atoms with E-state index in [2.05, 4.69) is 24.6 Å². The molecule has 1 aliphatic heterocycles. The summed E-state index contributed by atoms with van der Waals surface area (Å²) in [7, 11) is -4.37. The zero-order valence-corrected chi connectivity index (χ0v) is 24.2. The Morgan fingerprint density at radius 1 is 0.953 bits per heavy atom. The number of allylic oxidation sites excluding steroid dienone is 1. The van der Waals surface area contributed by atoms with Crippen LogP contribution >= 0.6 is 0 Å². The minimum absolute atomic E-state index is 0.174. The van der Waals surface area contributed by atoms with E-state index in [-0.39, 0.29) is 17.4 Å². The molecule has 1 fully saturated rings. The molecule has 1 amide bonds. The Balaban J connectivity index is 1.43. The topological polar surface area (TPSA) is 125 Å². The summed E-state index contributed by atoms with van der Waals surface area (Å²) in [6, 6.07) is 9.44. The van der Waals surface area contributed by atoms with Crippen molar-refractivity contribution in [2.75, 3.05) is 35.8 Å². The van der Waals surface area contributed by atoms with Crippen LogP contribution in [-0.4, -0.2) is 66.1 Å². The first-order valence-corrected chi connectivity index (χ1v) is 15.0. The molecule has 0 spiro atoms. The number of rotatable bonds is 8. The van der Waals surface area contributed by atoms with E-state index < -0.39 is 26.6 Å². The highest BCUT2D eigenvalue weighted by molar-refractivity contribution is 7.92. The van der Waals surface area contributed by atoms with Gasteiger partial charge in [0, 0.05) is 55.5 Å². The van der Waals surface area contributed by atoms with E-state index in [4.69, 9.17) is 0 Å². The van der Waals surface area contributed by atoms with Crippen molar-refractivity contribution < 1.29 is 26.8 Å². The summed E-state index contributed by atoms with van der Waals surface area (Å²) in [5.74, 6) is -1.81. The first-order chi connectivity index (χ1) is 20.6. The monoisotopic (exact) mass is 606 g/mol. The number of benzene rings is 2. The molecular formula is C30H28F2N6O4S. The average Bonchev–Trinajstić information content (AvgIpc) is 2.99. The summed E-state index contributed by atoms with van der Waals surface area (Å²) in [5, 5.41) is 0.756.